The lowest BCUT2D eigenvalue weighted by Crippen LogP contribution is -2.38. The number of aliphatic hydroxyl groups is 1. The number of anilines is 1. The van der Waals surface area contributed by atoms with E-state index in [4.69, 9.17) is 4.74 Å². The zero-order chi connectivity index (χ0) is 15.0. The SMILES string of the molecule is Cn1c(=O)[nH]c(=O)c2c1nc(N1CCOCC1)n2CCO. The molecule has 1 saturated heterocycles. The van der Waals surface area contributed by atoms with Gasteiger partial charge in [-0.3, -0.25) is 14.3 Å². The first kappa shape index (κ1) is 13.8. The van der Waals surface area contributed by atoms with E-state index in [9.17, 15) is 14.7 Å². The molecule has 9 nitrogen and oxygen atoms in total. The van der Waals surface area contributed by atoms with Crippen LogP contribution in [0.25, 0.3) is 11.2 Å². The van der Waals surface area contributed by atoms with Crippen molar-refractivity contribution in [2.24, 2.45) is 7.05 Å². The topological polar surface area (TPSA) is 105 Å². The smallest absolute Gasteiger partial charge is 0.329 e. The van der Waals surface area contributed by atoms with Crippen LogP contribution in [-0.4, -0.2) is 57.1 Å². The van der Waals surface area contributed by atoms with E-state index < -0.39 is 11.2 Å². The zero-order valence-corrected chi connectivity index (χ0v) is 11.7. The second-order valence-corrected chi connectivity index (χ2v) is 4.88. The molecule has 2 N–H and O–H groups in total. The molecule has 0 radical (unpaired) electrons. The monoisotopic (exact) mass is 295 g/mol. The van der Waals surface area contributed by atoms with Crippen LogP contribution in [0.5, 0.6) is 0 Å². The molecule has 0 atom stereocenters. The van der Waals surface area contributed by atoms with Gasteiger partial charge in [0.05, 0.1) is 19.8 Å². The summed E-state index contributed by atoms with van der Waals surface area (Å²) in [6.07, 6.45) is 0. The molecule has 0 aromatic carbocycles. The third-order valence-corrected chi connectivity index (χ3v) is 3.60. The van der Waals surface area contributed by atoms with Gasteiger partial charge in [0.1, 0.15) is 0 Å². The van der Waals surface area contributed by atoms with Crippen molar-refractivity contribution in [3.63, 3.8) is 0 Å². The Morgan fingerprint density at radius 2 is 2.05 bits per heavy atom. The molecule has 1 aliphatic heterocycles. The highest BCUT2D eigenvalue weighted by molar-refractivity contribution is 5.74. The molecule has 114 valence electrons. The summed E-state index contributed by atoms with van der Waals surface area (Å²) in [6, 6.07) is 0. The van der Waals surface area contributed by atoms with Gasteiger partial charge in [-0.15, -0.1) is 0 Å². The Labute approximate surface area is 119 Å². The van der Waals surface area contributed by atoms with Crippen molar-refractivity contribution in [2.75, 3.05) is 37.8 Å². The standard InChI is InChI=1S/C12H17N5O4/c1-15-9-8(10(19)14-12(15)20)17(2-5-18)11(13-9)16-3-6-21-7-4-16/h18H,2-7H2,1H3,(H,14,19,20). The van der Waals surface area contributed by atoms with Crippen molar-refractivity contribution in [3.05, 3.63) is 20.8 Å². The average molecular weight is 295 g/mol. The molecule has 9 heteroatoms. The highest BCUT2D eigenvalue weighted by Gasteiger charge is 2.22. The minimum atomic E-state index is -0.505. The second-order valence-electron chi connectivity index (χ2n) is 4.88. The number of hydrogen-bond donors (Lipinski definition) is 2. The number of rotatable bonds is 3. The van der Waals surface area contributed by atoms with Gasteiger partial charge in [-0.2, -0.15) is 4.98 Å². The van der Waals surface area contributed by atoms with Crippen molar-refractivity contribution in [1.29, 1.82) is 0 Å². The fraction of sp³-hybridized carbons (Fsp3) is 0.583. The summed E-state index contributed by atoms with van der Waals surface area (Å²) in [4.78, 5) is 32.5. The van der Waals surface area contributed by atoms with Crippen molar-refractivity contribution < 1.29 is 9.84 Å². The molecular weight excluding hydrogens is 278 g/mol. The Kier molecular flexibility index (Phi) is 3.52. The number of hydrogen-bond acceptors (Lipinski definition) is 6. The normalized spacial score (nSPS) is 15.8. The molecule has 3 rings (SSSR count). The molecule has 0 bridgehead atoms. The molecule has 1 fully saturated rings. The molecule has 2 aromatic heterocycles. The molecule has 0 amide bonds. The van der Waals surface area contributed by atoms with E-state index in [1.165, 1.54) is 4.57 Å². The predicted molar refractivity (Wildman–Crippen MR) is 75.7 cm³/mol. The van der Waals surface area contributed by atoms with Gasteiger partial charge in [0.15, 0.2) is 11.2 Å². The molecule has 2 aromatic rings. The summed E-state index contributed by atoms with van der Waals surface area (Å²) in [5.74, 6) is 0.578. The minimum Gasteiger partial charge on any atom is -0.395 e. The molecule has 0 aliphatic carbocycles. The number of H-pyrrole nitrogens is 1. The molecule has 21 heavy (non-hydrogen) atoms. The lowest BCUT2D eigenvalue weighted by Gasteiger charge is -2.28. The van der Waals surface area contributed by atoms with Gasteiger partial charge in [0, 0.05) is 26.7 Å². The number of ether oxygens (including phenoxy) is 1. The van der Waals surface area contributed by atoms with Crippen LogP contribution >= 0.6 is 0 Å². The first-order valence-corrected chi connectivity index (χ1v) is 6.76. The van der Waals surface area contributed by atoms with Crippen molar-refractivity contribution in [3.8, 4) is 0 Å². The maximum absolute atomic E-state index is 12.1. The number of morpholine rings is 1. The maximum atomic E-state index is 12.1. The molecule has 0 spiro atoms. The number of fused-ring (bicyclic) bond motifs is 1. The number of aromatic amines is 1. The number of aliphatic hydroxyl groups excluding tert-OH is 1. The summed E-state index contributed by atoms with van der Waals surface area (Å²) in [5.41, 5.74) is -0.380. The van der Waals surface area contributed by atoms with Gasteiger partial charge in [-0.05, 0) is 0 Å². The maximum Gasteiger partial charge on any atom is 0.329 e. The molecular formula is C12H17N5O4. The van der Waals surface area contributed by atoms with E-state index in [1.54, 1.807) is 11.6 Å². The van der Waals surface area contributed by atoms with Gasteiger partial charge in [0.2, 0.25) is 5.95 Å². The van der Waals surface area contributed by atoms with Crippen LogP contribution < -0.4 is 16.1 Å². The highest BCUT2D eigenvalue weighted by Crippen LogP contribution is 2.20. The number of nitrogens with one attached hydrogen (secondary N) is 1. The van der Waals surface area contributed by atoms with E-state index in [1.807, 2.05) is 4.90 Å². The first-order chi connectivity index (χ1) is 10.1. The van der Waals surface area contributed by atoms with Crippen molar-refractivity contribution in [2.45, 2.75) is 6.54 Å². The third kappa shape index (κ3) is 2.24. The average Bonchev–Trinajstić information content (AvgIpc) is 2.86. The lowest BCUT2D eigenvalue weighted by molar-refractivity contribution is 0.121. The van der Waals surface area contributed by atoms with Crippen LogP contribution in [0.3, 0.4) is 0 Å². The van der Waals surface area contributed by atoms with Crippen LogP contribution in [0.4, 0.5) is 5.95 Å². The van der Waals surface area contributed by atoms with E-state index >= 15 is 0 Å². The van der Waals surface area contributed by atoms with E-state index in [2.05, 4.69) is 9.97 Å². The Balaban J connectivity index is 2.26. The predicted octanol–water partition coefficient (Wildman–Crippen LogP) is -1.75. The quantitative estimate of drug-likeness (QED) is 0.696. The highest BCUT2D eigenvalue weighted by atomic mass is 16.5. The molecule has 1 aliphatic rings. The van der Waals surface area contributed by atoms with E-state index in [-0.39, 0.29) is 13.2 Å². The fourth-order valence-electron chi connectivity index (χ4n) is 2.54. The summed E-state index contributed by atoms with van der Waals surface area (Å²) >= 11 is 0. The van der Waals surface area contributed by atoms with Crippen LogP contribution in [0.2, 0.25) is 0 Å². The molecule has 3 heterocycles. The fourth-order valence-corrected chi connectivity index (χ4v) is 2.54. The third-order valence-electron chi connectivity index (χ3n) is 3.60. The first-order valence-electron chi connectivity index (χ1n) is 6.76. The van der Waals surface area contributed by atoms with Crippen LogP contribution in [0.15, 0.2) is 9.59 Å². The number of aromatic nitrogens is 4. The summed E-state index contributed by atoms with van der Waals surface area (Å²) < 4.78 is 8.26. The summed E-state index contributed by atoms with van der Waals surface area (Å²) in [5, 5.41) is 9.26. The number of nitrogens with zero attached hydrogens (tertiary/aromatic N) is 4. The van der Waals surface area contributed by atoms with E-state index in [0.29, 0.717) is 43.4 Å². The molecule has 0 saturated carbocycles. The van der Waals surface area contributed by atoms with Gasteiger partial charge >= 0.3 is 5.69 Å². The Hall–Kier alpha value is -2.13. The van der Waals surface area contributed by atoms with Gasteiger partial charge in [-0.1, -0.05) is 0 Å². The zero-order valence-electron chi connectivity index (χ0n) is 11.7. The Bertz CT molecular complexity index is 768. The lowest BCUT2D eigenvalue weighted by atomic mass is 10.4. The van der Waals surface area contributed by atoms with Crippen LogP contribution in [0, 0.1) is 0 Å². The van der Waals surface area contributed by atoms with Crippen LogP contribution in [0.1, 0.15) is 0 Å². The minimum absolute atomic E-state index is 0.120. The summed E-state index contributed by atoms with van der Waals surface area (Å²) in [7, 11) is 1.56. The Morgan fingerprint density at radius 3 is 2.71 bits per heavy atom. The van der Waals surface area contributed by atoms with Crippen molar-refractivity contribution in [1.82, 2.24) is 19.1 Å². The summed E-state index contributed by atoms with van der Waals surface area (Å²) in [6.45, 7) is 2.59. The number of imidazole rings is 1. The van der Waals surface area contributed by atoms with Gasteiger partial charge in [0.25, 0.3) is 5.56 Å². The molecule has 0 unspecified atom stereocenters. The van der Waals surface area contributed by atoms with E-state index in [0.717, 1.165) is 0 Å². The van der Waals surface area contributed by atoms with Gasteiger partial charge in [-0.25, -0.2) is 4.79 Å². The van der Waals surface area contributed by atoms with Gasteiger partial charge < -0.3 is 19.3 Å². The number of aryl methyl sites for hydroxylation is 1. The largest absolute Gasteiger partial charge is 0.395 e. The second kappa shape index (κ2) is 5.34. The Morgan fingerprint density at radius 1 is 1.33 bits per heavy atom. The van der Waals surface area contributed by atoms with Crippen molar-refractivity contribution >= 4 is 17.1 Å². The van der Waals surface area contributed by atoms with Crippen LogP contribution in [-0.2, 0) is 18.3 Å².